The molecule has 2 rings (SSSR count). The van der Waals surface area contributed by atoms with Crippen molar-refractivity contribution in [1.29, 1.82) is 0 Å². The topological polar surface area (TPSA) is 62.2 Å². The first kappa shape index (κ1) is 13.8. The maximum atomic E-state index is 11.1. The predicted octanol–water partition coefficient (Wildman–Crippen LogP) is 3.46. The van der Waals surface area contributed by atoms with Gasteiger partial charge >= 0.3 is 5.97 Å². The van der Waals surface area contributed by atoms with Crippen molar-refractivity contribution in [2.45, 2.75) is 13.3 Å². The van der Waals surface area contributed by atoms with E-state index in [0.29, 0.717) is 12.2 Å². The number of halogens is 1. The van der Waals surface area contributed by atoms with Crippen molar-refractivity contribution in [1.82, 2.24) is 4.98 Å². The molecule has 19 heavy (non-hydrogen) atoms. The number of aromatic nitrogens is 1. The molecule has 4 nitrogen and oxygen atoms in total. The average Bonchev–Trinajstić information content (AvgIpc) is 2.75. The maximum absolute atomic E-state index is 11.1. The molecule has 0 saturated carbocycles. The Hall–Kier alpha value is -1.59. The second kappa shape index (κ2) is 6.04. The lowest BCUT2D eigenvalue weighted by atomic mass is 10.2. The Morgan fingerprint density at radius 1 is 1.53 bits per heavy atom. The smallest absolute Gasteiger partial charge is 0.339 e. The summed E-state index contributed by atoms with van der Waals surface area (Å²) in [5.41, 5.74) is 1.57. The highest BCUT2D eigenvalue weighted by Gasteiger charge is 2.10. The quantitative estimate of drug-likeness (QED) is 0.887. The van der Waals surface area contributed by atoms with Crippen LogP contribution in [0.1, 0.15) is 20.9 Å². The Morgan fingerprint density at radius 3 is 2.95 bits per heavy atom. The van der Waals surface area contributed by atoms with Gasteiger partial charge in [0.15, 0.2) is 0 Å². The molecule has 0 bridgehead atoms. The minimum absolute atomic E-state index is 0.190. The van der Waals surface area contributed by atoms with Crippen LogP contribution >= 0.6 is 22.9 Å². The highest BCUT2D eigenvalue weighted by molar-refractivity contribution is 7.16. The van der Waals surface area contributed by atoms with E-state index in [2.05, 4.69) is 10.3 Å². The largest absolute Gasteiger partial charge is 0.478 e. The van der Waals surface area contributed by atoms with Gasteiger partial charge in [0.25, 0.3) is 0 Å². The van der Waals surface area contributed by atoms with Gasteiger partial charge in [-0.15, -0.1) is 11.3 Å². The number of carbonyl (C=O) groups is 1. The number of aryl methyl sites for hydroxylation is 1. The van der Waals surface area contributed by atoms with Gasteiger partial charge < -0.3 is 10.4 Å². The van der Waals surface area contributed by atoms with Crippen molar-refractivity contribution in [3.8, 4) is 0 Å². The molecule has 0 aromatic carbocycles. The number of hydrogen-bond donors (Lipinski definition) is 2. The fourth-order valence-corrected chi connectivity index (χ4v) is 2.77. The van der Waals surface area contributed by atoms with E-state index in [1.54, 1.807) is 6.07 Å². The molecule has 0 saturated heterocycles. The Kier molecular flexibility index (Phi) is 4.39. The molecule has 0 amide bonds. The lowest BCUT2D eigenvalue weighted by Crippen LogP contribution is -2.10. The number of nitrogens with zero attached hydrogens (tertiary/aromatic N) is 1. The van der Waals surface area contributed by atoms with Crippen LogP contribution in [0.2, 0.25) is 4.34 Å². The lowest BCUT2D eigenvalue weighted by molar-refractivity contribution is 0.0697. The number of hydrogen-bond acceptors (Lipinski definition) is 4. The van der Waals surface area contributed by atoms with Crippen LogP contribution in [-0.4, -0.2) is 22.6 Å². The maximum Gasteiger partial charge on any atom is 0.339 e. The van der Waals surface area contributed by atoms with Crippen LogP contribution < -0.4 is 5.32 Å². The molecule has 2 N–H and O–H groups in total. The van der Waals surface area contributed by atoms with Gasteiger partial charge in [0.2, 0.25) is 0 Å². The minimum Gasteiger partial charge on any atom is -0.478 e. The number of aromatic carboxylic acids is 1. The normalized spacial score (nSPS) is 10.4. The van der Waals surface area contributed by atoms with E-state index in [0.717, 1.165) is 16.5 Å². The fraction of sp³-hybridized carbons (Fsp3) is 0.231. The number of thiophene rings is 1. The van der Waals surface area contributed by atoms with Crippen LogP contribution in [0, 0.1) is 6.92 Å². The van der Waals surface area contributed by atoms with Gasteiger partial charge in [-0.25, -0.2) is 4.79 Å². The van der Waals surface area contributed by atoms with Gasteiger partial charge in [-0.05, 0) is 31.5 Å². The highest BCUT2D eigenvalue weighted by Crippen LogP contribution is 2.22. The first-order valence-corrected chi connectivity index (χ1v) is 6.94. The predicted molar refractivity (Wildman–Crippen MR) is 77.5 cm³/mol. The summed E-state index contributed by atoms with van der Waals surface area (Å²) in [5, 5.41) is 12.2. The second-order valence-electron chi connectivity index (χ2n) is 4.06. The number of pyridine rings is 1. The molecule has 2 aromatic rings. The zero-order valence-corrected chi connectivity index (χ0v) is 11.9. The van der Waals surface area contributed by atoms with E-state index in [4.69, 9.17) is 16.7 Å². The van der Waals surface area contributed by atoms with Gasteiger partial charge in [-0.2, -0.15) is 0 Å². The van der Waals surface area contributed by atoms with Crippen molar-refractivity contribution in [3.63, 3.8) is 0 Å². The van der Waals surface area contributed by atoms with E-state index in [1.165, 1.54) is 22.4 Å². The monoisotopic (exact) mass is 296 g/mol. The molecule has 0 atom stereocenters. The summed E-state index contributed by atoms with van der Waals surface area (Å²) in [4.78, 5) is 16.2. The van der Waals surface area contributed by atoms with Gasteiger partial charge in [-0.3, -0.25) is 4.98 Å². The lowest BCUT2D eigenvalue weighted by Gasteiger charge is -2.09. The first-order valence-electron chi connectivity index (χ1n) is 5.74. The summed E-state index contributed by atoms with van der Waals surface area (Å²) >= 11 is 7.39. The Balaban J connectivity index is 2.02. The summed E-state index contributed by atoms with van der Waals surface area (Å²) < 4.78 is 0.765. The standard InChI is InChI=1S/C13H13ClN2O2S/c1-8-6-11(10(7-16-8)13(17)18)15-5-4-9-2-3-12(14)19-9/h2-3,6-7H,4-5H2,1H3,(H,15,16)(H,17,18). The van der Waals surface area contributed by atoms with Gasteiger partial charge in [0.05, 0.1) is 10.0 Å². The third kappa shape index (κ3) is 3.68. The van der Waals surface area contributed by atoms with Crippen LogP contribution in [0.5, 0.6) is 0 Å². The van der Waals surface area contributed by atoms with Crippen LogP contribution in [0.25, 0.3) is 0 Å². The summed E-state index contributed by atoms with van der Waals surface area (Å²) in [6, 6.07) is 5.58. The molecule has 0 unspecified atom stereocenters. The second-order valence-corrected chi connectivity index (χ2v) is 5.86. The third-order valence-electron chi connectivity index (χ3n) is 2.59. The van der Waals surface area contributed by atoms with Crippen LogP contribution in [0.4, 0.5) is 5.69 Å². The molecule has 0 aliphatic rings. The van der Waals surface area contributed by atoms with Crippen molar-refractivity contribution < 1.29 is 9.90 Å². The molecule has 2 heterocycles. The van der Waals surface area contributed by atoms with Crippen LogP contribution in [0.15, 0.2) is 24.4 Å². The van der Waals surface area contributed by atoms with Crippen molar-refractivity contribution in [2.24, 2.45) is 0 Å². The van der Waals surface area contributed by atoms with Gasteiger partial charge in [-0.1, -0.05) is 11.6 Å². The Bertz CT molecular complexity index is 598. The molecule has 6 heteroatoms. The molecule has 0 fully saturated rings. The zero-order chi connectivity index (χ0) is 13.8. The molecular formula is C13H13ClN2O2S. The first-order chi connectivity index (χ1) is 9.06. The summed E-state index contributed by atoms with van der Waals surface area (Å²) in [7, 11) is 0. The van der Waals surface area contributed by atoms with Crippen molar-refractivity contribution >= 4 is 34.6 Å². The third-order valence-corrected chi connectivity index (χ3v) is 3.88. The van der Waals surface area contributed by atoms with E-state index in [-0.39, 0.29) is 5.56 Å². The van der Waals surface area contributed by atoms with E-state index in [1.807, 2.05) is 19.1 Å². The van der Waals surface area contributed by atoms with Crippen molar-refractivity contribution in [3.05, 3.63) is 44.9 Å². The summed E-state index contributed by atoms with van der Waals surface area (Å²) in [5.74, 6) is -0.978. The Labute approximate surface area is 120 Å². The number of rotatable bonds is 5. The summed E-state index contributed by atoms with van der Waals surface area (Å²) in [6.07, 6.45) is 2.18. The summed E-state index contributed by atoms with van der Waals surface area (Å²) in [6.45, 7) is 2.48. The minimum atomic E-state index is -0.978. The average molecular weight is 297 g/mol. The number of nitrogens with one attached hydrogen (secondary N) is 1. The van der Waals surface area contributed by atoms with Crippen molar-refractivity contribution in [2.75, 3.05) is 11.9 Å². The number of anilines is 1. The molecule has 2 aromatic heterocycles. The molecule has 0 spiro atoms. The van der Waals surface area contributed by atoms with Gasteiger partial charge in [0.1, 0.15) is 5.56 Å². The Morgan fingerprint density at radius 2 is 2.32 bits per heavy atom. The molecular weight excluding hydrogens is 284 g/mol. The molecule has 0 radical (unpaired) electrons. The van der Waals surface area contributed by atoms with Crippen LogP contribution in [0.3, 0.4) is 0 Å². The molecule has 100 valence electrons. The number of carboxylic acids is 1. The number of carboxylic acid groups (broad SMARTS) is 1. The molecule has 0 aliphatic carbocycles. The fourth-order valence-electron chi connectivity index (χ4n) is 1.68. The SMILES string of the molecule is Cc1cc(NCCc2ccc(Cl)s2)c(C(=O)O)cn1. The van der Waals surface area contributed by atoms with E-state index in [9.17, 15) is 4.79 Å². The van der Waals surface area contributed by atoms with Crippen LogP contribution in [-0.2, 0) is 6.42 Å². The zero-order valence-electron chi connectivity index (χ0n) is 10.3. The van der Waals surface area contributed by atoms with E-state index >= 15 is 0 Å². The van der Waals surface area contributed by atoms with E-state index < -0.39 is 5.97 Å². The highest BCUT2D eigenvalue weighted by atomic mass is 35.5. The van der Waals surface area contributed by atoms with Gasteiger partial charge in [0, 0.05) is 23.3 Å². The molecule has 0 aliphatic heterocycles.